The highest BCUT2D eigenvalue weighted by molar-refractivity contribution is 7.99. The number of pyridine rings is 1. The summed E-state index contributed by atoms with van der Waals surface area (Å²) in [4.78, 5) is 14.7. The molecule has 4 nitrogen and oxygen atoms in total. The van der Waals surface area contributed by atoms with Gasteiger partial charge >= 0.3 is 5.97 Å². The number of rotatable bonds is 6. The average Bonchev–Trinajstić information content (AvgIpc) is 2.29. The van der Waals surface area contributed by atoms with Crippen LogP contribution in [0.3, 0.4) is 0 Å². The van der Waals surface area contributed by atoms with Crippen LogP contribution in [0.1, 0.15) is 29.9 Å². The van der Waals surface area contributed by atoms with E-state index >= 15 is 0 Å². The zero-order valence-corrected chi connectivity index (χ0v) is 11.2. The lowest BCUT2D eigenvalue weighted by Crippen LogP contribution is -2.31. The maximum atomic E-state index is 10.6. The zero-order valence-electron chi connectivity index (χ0n) is 10.4. The van der Waals surface area contributed by atoms with Crippen molar-refractivity contribution >= 4 is 17.7 Å². The van der Waals surface area contributed by atoms with E-state index in [2.05, 4.69) is 30.4 Å². The van der Waals surface area contributed by atoms with Crippen molar-refractivity contribution in [2.75, 3.05) is 12.8 Å². The molecule has 0 spiro atoms. The van der Waals surface area contributed by atoms with Crippen LogP contribution in [0.15, 0.2) is 18.3 Å². The van der Waals surface area contributed by atoms with E-state index in [-0.39, 0.29) is 10.3 Å². The molecule has 1 aromatic heterocycles. The van der Waals surface area contributed by atoms with E-state index in [1.54, 1.807) is 12.1 Å². The Morgan fingerprint density at radius 1 is 1.53 bits per heavy atom. The molecule has 0 saturated carbocycles. The fourth-order valence-corrected chi connectivity index (χ4v) is 1.47. The fourth-order valence-electron chi connectivity index (χ4n) is 1.22. The molecule has 1 aromatic rings. The normalized spacial score (nSPS) is 11.5. The number of thioether (sulfide) groups is 1. The van der Waals surface area contributed by atoms with Gasteiger partial charge in [0.05, 0.1) is 11.3 Å². The Kier molecular flexibility index (Phi) is 4.96. The Hall–Kier alpha value is -1.07. The molecule has 0 unspecified atom stereocenters. The number of aromatic carboxylic acids is 1. The van der Waals surface area contributed by atoms with Gasteiger partial charge in [-0.15, -0.1) is 0 Å². The van der Waals surface area contributed by atoms with E-state index in [0.717, 1.165) is 12.2 Å². The molecule has 0 radical (unpaired) electrons. The quantitative estimate of drug-likeness (QED) is 0.813. The van der Waals surface area contributed by atoms with Gasteiger partial charge in [0, 0.05) is 24.0 Å². The van der Waals surface area contributed by atoms with Crippen LogP contribution in [0.2, 0.25) is 0 Å². The molecule has 5 heteroatoms. The second-order valence-electron chi connectivity index (χ2n) is 4.41. The molecule has 17 heavy (non-hydrogen) atoms. The molecule has 1 heterocycles. The fraction of sp³-hybridized carbons (Fsp3) is 0.500. The van der Waals surface area contributed by atoms with Crippen molar-refractivity contribution in [3.63, 3.8) is 0 Å². The number of nitrogens with zero attached hydrogens (tertiary/aromatic N) is 1. The monoisotopic (exact) mass is 254 g/mol. The Bertz CT molecular complexity index is 377. The van der Waals surface area contributed by atoms with Gasteiger partial charge in [-0.2, -0.15) is 11.8 Å². The smallest absolute Gasteiger partial charge is 0.337 e. The number of carboxylic acids is 1. The zero-order chi connectivity index (χ0) is 12.9. The molecule has 0 aliphatic heterocycles. The van der Waals surface area contributed by atoms with Gasteiger partial charge in [0.2, 0.25) is 0 Å². The highest BCUT2D eigenvalue weighted by Gasteiger charge is 2.14. The summed E-state index contributed by atoms with van der Waals surface area (Å²) >= 11 is 1.81. The van der Waals surface area contributed by atoms with Crippen LogP contribution >= 0.6 is 11.8 Å². The highest BCUT2D eigenvalue weighted by atomic mass is 32.2. The molecular weight excluding hydrogens is 236 g/mol. The molecule has 0 fully saturated rings. The number of carboxylic acid groups (broad SMARTS) is 1. The van der Waals surface area contributed by atoms with Crippen LogP contribution in [0, 0.1) is 0 Å². The number of carbonyl (C=O) groups is 1. The van der Waals surface area contributed by atoms with E-state index in [1.807, 2.05) is 11.8 Å². The van der Waals surface area contributed by atoms with E-state index in [4.69, 9.17) is 5.11 Å². The minimum Gasteiger partial charge on any atom is -0.478 e. The molecule has 2 N–H and O–H groups in total. The van der Waals surface area contributed by atoms with Crippen LogP contribution in [-0.4, -0.2) is 33.6 Å². The molecule has 0 aromatic carbocycles. The van der Waals surface area contributed by atoms with Crippen LogP contribution < -0.4 is 5.32 Å². The molecule has 0 amide bonds. The summed E-state index contributed by atoms with van der Waals surface area (Å²) in [6.45, 7) is 5.89. The van der Waals surface area contributed by atoms with Gasteiger partial charge in [-0.3, -0.25) is 4.98 Å². The third-order valence-electron chi connectivity index (χ3n) is 2.48. The van der Waals surface area contributed by atoms with Gasteiger partial charge in [-0.25, -0.2) is 4.79 Å². The van der Waals surface area contributed by atoms with Crippen LogP contribution in [0.5, 0.6) is 0 Å². The third kappa shape index (κ3) is 4.75. The summed E-state index contributed by atoms with van der Waals surface area (Å²) < 4.78 is 0.195. The van der Waals surface area contributed by atoms with Crippen molar-refractivity contribution in [1.82, 2.24) is 10.3 Å². The second-order valence-corrected chi connectivity index (χ2v) is 5.92. The maximum absolute atomic E-state index is 10.6. The Morgan fingerprint density at radius 2 is 2.24 bits per heavy atom. The molecular formula is C12H18N2O2S. The first kappa shape index (κ1) is 14.0. The van der Waals surface area contributed by atoms with E-state index < -0.39 is 5.97 Å². The summed E-state index contributed by atoms with van der Waals surface area (Å²) in [7, 11) is 0. The summed E-state index contributed by atoms with van der Waals surface area (Å²) in [5.41, 5.74) is 1.07. The predicted octanol–water partition coefficient (Wildman–Crippen LogP) is 2.01. The van der Waals surface area contributed by atoms with Gasteiger partial charge in [0.25, 0.3) is 0 Å². The summed E-state index contributed by atoms with van der Waals surface area (Å²) in [6.07, 6.45) is 3.47. The van der Waals surface area contributed by atoms with Crippen molar-refractivity contribution in [1.29, 1.82) is 0 Å². The first-order valence-corrected chi connectivity index (χ1v) is 6.61. The molecule has 0 aliphatic carbocycles. The van der Waals surface area contributed by atoms with Crippen LogP contribution in [-0.2, 0) is 6.54 Å². The molecule has 1 rings (SSSR count). The van der Waals surface area contributed by atoms with Crippen molar-refractivity contribution in [3.05, 3.63) is 29.6 Å². The average molecular weight is 254 g/mol. The van der Waals surface area contributed by atoms with Gasteiger partial charge in [0.15, 0.2) is 0 Å². The Morgan fingerprint density at radius 3 is 2.71 bits per heavy atom. The minimum atomic E-state index is -0.944. The lowest BCUT2D eigenvalue weighted by molar-refractivity contribution is 0.0696. The van der Waals surface area contributed by atoms with Crippen LogP contribution in [0.25, 0.3) is 0 Å². The number of nitrogens with one attached hydrogen (secondary N) is 1. The van der Waals surface area contributed by atoms with E-state index in [1.165, 1.54) is 6.20 Å². The van der Waals surface area contributed by atoms with Crippen molar-refractivity contribution in [2.45, 2.75) is 25.1 Å². The maximum Gasteiger partial charge on any atom is 0.337 e. The first-order chi connectivity index (χ1) is 7.94. The summed E-state index contributed by atoms with van der Waals surface area (Å²) in [5, 5.41) is 12.0. The minimum absolute atomic E-state index is 0.195. The number of hydrogen-bond donors (Lipinski definition) is 2. The van der Waals surface area contributed by atoms with Crippen molar-refractivity contribution < 1.29 is 9.90 Å². The van der Waals surface area contributed by atoms with Gasteiger partial charge in [-0.1, -0.05) is 0 Å². The number of aromatic nitrogens is 1. The van der Waals surface area contributed by atoms with E-state index in [0.29, 0.717) is 6.54 Å². The van der Waals surface area contributed by atoms with Gasteiger partial charge in [0.1, 0.15) is 0 Å². The lowest BCUT2D eigenvalue weighted by Gasteiger charge is -2.22. The first-order valence-electron chi connectivity index (χ1n) is 5.39. The second kappa shape index (κ2) is 6.02. The standard InChI is InChI=1S/C12H18N2O2S/c1-12(2,17-3)8-13-7-10-5-4-9(6-14-10)11(15)16/h4-6,13H,7-8H2,1-3H3,(H,15,16). The third-order valence-corrected chi connectivity index (χ3v) is 3.73. The largest absolute Gasteiger partial charge is 0.478 e. The lowest BCUT2D eigenvalue weighted by atomic mass is 10.2. The molecule has 0 atom stereocenters. The molecule has 94 valence electrons. The van der Waals surface area contributed by atoms with Crippen LogP contribution in [0.4, 0.5) is 0 Å². The SMILES string of the molecule is CSC(C)(C)CNCc1ccc(C(=O)O)cn1. The predicted molar refractivity (Wildman–Crippen MR) is 70.5 cm³/mol. The van der Waals surface area contributed by atoms with Crippen molar-refractivity contribution in [2.24, 2.45) is 0 Å². The van der Waals surface area contributed by atoms with Gasteiger partial charge in [-0.05, 0) is 32.2 Å². The highest BCUT2D eigenvalue weighted by Crippen LogP contribution is 2.19. The Balaban J connectivity index is 2.45. The number of hydrogen-bond acceptors (Lipinski definition) is 4. The molecule has 0 saturated heterocycles. The summed E-state index contributed by atoms with van der Waals surface area (Å²) in [5.74, 6) is -0.944. The topological polar surface area (TPSA) is 62.2 Å². The van der Waals surface area contributed by atoms with Crippen molar-refractivity contribution in [3.8, 4) is 0 Å². The summed E-state index contributed by atoms with van der Waals surface area (Å²) in [6, 6.07) is 3.31. The Labute approximate surface area is 106 Å². The molecule has 0 bridgehead atoms. The van der Waals surface area contributed by atoms with Gasteiger partial charge < -0.3 is 10.4 Å². The molecule has 0 aliphatic rings. The van der Waals surface area contributed by atoms with E-state index in [9.17, 15) is 4.79 Å².